The average molecular weight is 222 g/mol. The summed E-state index contributed by atoms with van der Waals surface area (Å²) in [5.74, 6) is 0. The predicted molar refractivity (Wildman–Crippen MR) is 59.4 cm³/mol. The monoisotopic (exact) mass is 222 g/mol. The van der Waals surface area contributed by atoms with Gasteiger partial charge in [-0.25, -0.2) is 9.97 Å². The minimum absolute atomic E-state index is 0.225. The zero-order chi connectivity index (χ0) is 11.0. The molecule has 2 heterocycles. The molecule has 0 spiro atoms. The number of rotatable bonds is 1. The van der Waals surface area contributed by atoms with Gasteiger partial charge in [-0.2, -0.15) is 0 Å². The van der Waals surface area contributed by atoms with E-state index in [0.717, 1.165) is 0 Å². The molecule has 0 atom stereocenters. The number of H-pyrrole nitrogens is 1. The molecular formula is C9H10N4OS. The molecule has 6 heteroatoms. The third-order valence-electron chi connectivity index (χ3n) is 2.05. The summed E-state index contributed by atoms with van der Waals surface area (Å²) in [5, 5.41) is 0. The molecule has 0 saturated heterocycles. The van der Waals surface area contributed by atoms with Gasteiger partial charge in [-0.05, 0) is 26.1 Å². The lowest BCUT2D eigenvalue weighted by atomic mass is 10.4. The third-order valence-corrected chi connectivity index (χ3v) is 2.35. The third kappa shape index (κ3) is 1.80. The van der Waals surface area contributed by atoms with E-state index in [9.17, 15) is 4.79 Å². The van der Waals surface area contributed by atoms with Crippen molar-refractivity contribution in [3.05, 3.63) is 27.5 Å². The first kappa shape index (κ1) is 9.97. The number of aromatic nitrogens is 4. The first-order chi connectivity index (χ1) is 7.08. The minimum atomic E-state index is -0.272. The Kier molecular flexibility index (Phi) is 2.36. The Hall–Kier alpha value is -1.56. The molecule has 2 rings (SSSR count). The van der Waals surface area contributed by atoms with E-state index in [0.29, 0.717) is 15.9 Å². The summed E-state index contributed by atoms with van der Waals surface area (Å²) in [5.41, 5.74) is 0.799. The van der Waals surface area contributed by atoms with Gasteiger partial charge in [0.2, 0.25) is 4.77 Å². The number of hydrogen-bond donors (Lipinski definition) is 1. The highest BCUT2D eigenvalue weighted by Crippen LogP contribution is 2.09. The lowest BCUT2D eigenvalue weighted by Crippen LogP contribution is -2.10. The molecule has 78 valence electrons. The standard InChI is InChI=1S/C9H10N4OS/c1-5(2)13-4-6-8(12-9(13)15)11-7(14)3-10-6/h3-5H,1-2H3,(H,11,12,14,15). The second kappa shape index (κ2) is 3.54. The Morgan fingerprint density at radius 2 is 2.27 bits per heavy atom. The maximum Gasteiger partial charge on any atom is 0.268 e. The number of hydrogen-bond acceptors (Lipinski definition) is 4. The molecule has 5 nitrogen and oxygen atoms in total. The van der Waals surface area contributed by atoms with Gasteiger partial charge in [-0.1, -0.05) is 0 Å². The van der Waals surface area contributed by atoms with Crippen LogP contribution in [0, 0.1) is 4.77 Å². The molecule has 1 N–H and O–H groups in total. The van der Waals surface area contributed by atoms with Gasteiger partial charge in [0, 0.05) is 12.2 Å². The molecule has 0 aromatic carbocycles. The van der Waals surface area contributed by atoms with Crippen molar-refractivity contribution in [2.75, 3.05) is 0 Å². The molecule has 0 amide bonds. The predicted octanol–water partition coefficient (Wildman–Crippen LogP) is 1.43. The van der Waals surface area contributed by atoms with Crippen molar-refractivity contribution in [2.24, 2.45) is 0 Å². The number of fused-ring (bicyclic) bond motifs is 1. The first-order valence-corrected chi connectivity index (χ1v) is 4.97. The van der Waals surface area contributed by atoms with E-state index in [1.165, 1.54) is 6.20 Å². The fourth-order valence-corrected chi connectivity index (χ4v) is 1.65. The summed E-state index contributed by atoms with van der Waals surface area (Å²) in [6, 6.07) is 0.225. The number of aromatic amines is 1. The highest BCUT2D eigenvalue weighted by molar-refractivity contribution is 7.71. The van der Waals surface area contributed by atoms with Crippen LogP contribution in [0.3, 0.4) is 0 Å². The molecule has 0 unspecified atom stereocenters. The average Bonchev–Trinajstić information content (AvgIpc) is 2.15. The zero-order valence-corrected chi connectivity index (χ0v) is 9.21. The Morgan fingerprint density at radius 3 is 2.93 bits per heavy atom. The maximum absolute atomic E-state index is 11.0. The number of nitrogens with one attached hydrogen (secondary N) is 1. The van der Waals surface area contributed by atoms with Gasteiger partial charge in [0.15, 0.2) is 5.65 Å². The van der Waals surface area contributed by atoms with Crippen molar-refractivity contribution < 1.29 is 0 Å². The maximum atomic E-state index is 11.0. The second-order valence-electron chi connectivity index (χ2n) is 3.51. The molecule has 15 heavy (non-hydrogen) atoms. The van der Waals surface area contributed by atoms with E-state index >= 15 is 0 Å². The fourth-order valence-electron chi connectivity index (χ4n) is 1.29. The quantitative estimate of drug-likeness (QED) is 0.741. The van der Waals surface area contributed by atoms with E-state index in [-0.39, 0.29) is 11.6 Å². The van der Waals surface area contributed by atoms with E-state index < -0.39 is 0 Å². The summed E-state index contributed by atoms with van der Waals surface area (Å²) in [6.07, 6.45) is 3.03. The lowest BCUT2D eigenvalue weighted by Gasteiger charge is -2.10. The van der Waals surface area contributed by atoms with Crippen molar-refractivity contribution in [1.29, 1.82) is 0 Å². The van der Waals surface area contributed by atoms with Crippen LogP contribution >= 0.6 is 12.2 Å². The summed E-state index contributed by atoms with van der Waals surface area (Å²) in [4.78, 5) is 21.7. The molecule has 0 fully saturated rings. The van der Waals surface area contributed by atoms with Crippen molar-refractivity contribution >= 4 is 23.4 Å². The fraction of sp³-hybridized carbons (Fsp3) is 0.333. The summed E-state index contributed by atoms with van der Waals surface area (Å²) >= 11 is 5.10. The van der Waals surface area contributed by atoms with Crippen LogP contribution in [0.25, 0.3) is 11.2 Å². The Morgan fingerprint density at radius 1 is 1.53 bits per heavy atom. The van der Waals surface area contributed by atoms with Crippen LogP contribution in [-0.4, -0.2) is 19.5 Å². The SMILES string of the molecule is CC(C)n1cc2ncc(=O)[nH]c2nc1=S. The largest absolute Gasteiger partial charge is 0.319 e. The van der Waals surface area contributed by atoms with Crippen molar-refractivity contribution in [2.45, 2.75) is 19.9 Å². The zero-order valence-electron chi connectivity index (χ0n) is 8.39. The van der Waals surface area contributed by atoms with Gasteiger partial charge in [-0.15, -0.1) is 0 Å². The molecule has 2 aromatic heterocycles. The molecule has 2 aromatic rings. The van der Waals surface area contributed by atoms with Crippen LogP contribution in [-0.2, 0) is 0 Å². The van der Waals surface area contributed by atoms with Gasteiger partial charge < -0.3 is 9.55 Å². The van der Waals surface area contributed by atoms with Crippen LogP contribution < -0.4 is 5.56 Å². The van der Waals surface area contributed by atoms with Gasteiger partial charge in [-0.3, -0.25) is 4.79 Å². The first-order valence-electron chi connectivity index (χ1n) is 4.56. The lowest BCUT2D eigenvalue weighted by molar-refractivity contribution is 0.580. The Balaban J connectivity index is 2.82. The molecular weight excluding hydrogens is 212 g/mol. The summed E-state index contributed by atoms with van der Waals surface area (Å²) in [6.45, 7) is 4.02. The van der Waals surface area contributed by atoms with E-state index in [1.807, 2.05) is 18.4 Å². The molecule has 0 radical (unpaired) electrons. The van der Waals surface area contributed by atoms with Crippen LogP contribution in [0.2, 0.25) is 0 Å². The summed E-state index contributed by atoms with van der Waals surface area (Å²) < 4.78 is 2.28. The molecule has 0 bridgehead atoms. The number of nitrogens with zero attached hydrogens (tertiary/aromatic N) is 3. The highest BCUT2D eigenvalue weighted by Gasteiger charge is 2.03. The van der Waals surface area contributed by atoms with E-state index in [4.69, 9.17) is 12.2 Å². The van der Waals surface area contributed by atoms with Gasteiger partial charge >= 0.3 is 0 Å². The van der Waals surface area contributed by atoms with E-state index in [2.05, 4.69) is 15.0 Å². The van der Waals surface area contributed by atoms with Crippen LogP contribution in [0.4, 0.5) is 0 Å². The van der Waals surface area contributed by atoms with Crippen LogP contribution in [0.1, 0.15) is 19.9 Å². The smallest absolute Gasteiger partial charge is 0.268 e. The Labute approximate surface area is 90.8 Å². The van der Waals surface area contributed by atoms with E-state index in [1.54, 1.807) is 6.20 Å². The minimum Gasteiger partial charge on any atom is -0.319 e. The van der Waals surface area contributed by atoms with Crippen molar-refractivity contribution in [1.82, 2.24) is 19.5 Å². The summed E-state index contributed by atoms with van der Waals surface area (Å²) in [7, 11) is 0. The topological polar surface area (TPSA) is 63.6 Å². The normalized spacial score (nSPS) is 11.1. The van der Waals surface area contributed by atoms with Crippen LogP contribution in [0.15, 0.2) is 17.2 Å². The van der Waals surface area contributed by atoms with Gasteiger partial charge in [0.1, 0.15) is 5.52 Å². The van der Waals surface area contributed by atoms with Crippen molar-refractivity contribution in [3.63, 3.8) is 0 Å². The van der Waals surface area contributed by atoms with Gasteiger partial charge in [0.05, 0.1) is 6.20 Å². The molecule has 0 saturated carbocycles. The molecule has 0 aliphatic carbocycles. The Bertz CT molecular complexity index is 613. The van der Waals surface area contributed by atoms with Crippen molar-refractivity contribution in [3.8, 4) is 0 Å². The van der Waals surface area contributed by atoms with Gasteiger partial charge in [0.25, 0.3) is 5.56 Å². The highest BCUT2D eigenvalue weighted by atomic mass is 32.1. The van der Waals surface area contributed by atoms with Crippen LogP contribution in [0.5, 0.6) is 0 Å². The molecule has 0 aliphatic heterocycles. The second-order valence-corrected chi connectivity index (χ2v) is 3.87. The molecule has 0 aliphatic rings.